The molecule has 0 aliphatic carbocycles. The molecular formula is C9H14F3N3O2. The average molecular weight is 253 g/mol. The number of alkyl halides is 3. The molecule has 1 aliphatic heterocycles. The van der Waals surface area contributed by atoms with E-state index in [9.17, 15) is 13.2 Å². The third-order valence-electron chi connectivity index (χ3n) is 2.42. The molecule has 1 heterocycles. The largest absolute Gasteiger partial charge is 0.392 e. The number of rotatable bonds is 3. The minimum absolute atomic E-state index is 0.0663. The molecule has 0 saturated carbocycles. The Labute approximate surface area is 96.2 Å². The molecule has 2 N–H and O–H groups in total. The minimum atomic E-state index is -4.21. The third-order valence-corrected chi connectivity index (χ3v) is 2.42. The SMILES string of the molecule is C=C1C[C@@H](C(F)(F)F)CCN1/N=N\CC(O)O. The van der Waals surface area contributed by atoms with Crippen molar-refractivity contribution in [1.29, 1.82) is 0 Å². The first-order chi connectivity index (χ1) is 7.80. The molecule has 1 rings (SSSR count). The van der Waals surface area contributed by atoms with E-state index in [0.717, 1.165) is 0 Å². The molecule has 0 spiro atoms. The van der Waals surface area contributed by atoms with Crippen molar-refractivity contribution in [3.63, 3.8) is 0 Å². The molecule has 5 nitrogen and oxygen atoms in total. The van der Waals surface area contributed by atoms with Crippen molar-refractivity contribution in [3.8, 4) is 0 Å². The normalized spacial score (nSPS) is 22.8. The predicted molar refractivity (Wildman–Crippen MR) is 52.6 cm³/mol. The fraction of sp³-hybridized carbons (Fsp3) is 0.778. The van der Waals surface area contributed by atoms with Gasteiger partial charge in [-0.25, -0.2) is 0 Å². The first kappa shape index (κ1) is 13.9. The molecule has 1 fully saturated rings. The van der Waals surface area contributed by atoms with Gasteiger partial charge in [0.15, 0.2) is 6.29 Å². The Balaban J connectivity index is 2.49. The summed E-state index contributed by atoms with van der Waals surface area (Å²) in [7, 11) is 0. The van der Waals surface area contributed by atoms with E-state index in [0.29, 0.717) is 0 Å². The Morgan fingerprint density at radius 3 is 2.59 bits per heavy atom. The maximum Gasteiger partial charge on any atom is 0.392 e. The van der Waals surface area contributed by atoms with Crippen molar-refractivity contribution in [3.05, 3.63) is 12.3 Å². The van der Waals surface area contributed by atoms with Crippen LogP contribution in [0.5, 0.6) is 0 Å². The van der Waals surface area contributed by atoms with E-state index < -0.39 is 18.4 Å². The zero-order valence-corrected chi connectivity index (χ0v) is 9.06. The Morgan fingerprint density at radius 2 is 2.12 bits per heavy atom. The second-order valence-electron chi connectivity index (χ2n) is 3.81. The van der Waals surface area contributed by atoms with Crippen LogP contribution in [0, 0.1) is 5.92 Å². The van der Waals surface area contributed by atoms with Crippen molar-refractivity contribution in [2.24, 2.45) is 16.3 Å². The summed E-state index contributed by atoms with van der Waals surface area (Å²) in [6.07, 6.45) is -6.10. The lowest BCUT2D eigenvalue weighted by Crippen LogP contribution is -2.34. The second-order valence-corrected chi connectivity index (χ2v) is 3.81. The molecule has 0 bridgehead atoms. The maximum atomic E-state index is 12.4. The predicted octanol–water partition coefficient (Wildman–Crippen LogP) is 1.45. The smallest absolute Gasteiger partial charge is 0.366 e. The van der Waals surface area contributed by atoms with Crippen LogP contribution in [-0.2, 0) is 0 Å². The minimum Gasteiger partial charge on any atom is -0.366 e. The van der Waals surface area contributed by atoms with Crippen molar-refractivity contribution in [1.82, 2.24) is 5.01 Å². The zero-order chi connectivity index (χ0) is 13.1. The first-order valence-corrected chi connectivity index (χ1v) is 5.06. The topological polar surface area (TPSA) is 68.4 Å². The number of hydrogen-bond acceptors (Lipinski definition) is 4. The van der Waals surface area contributed by atoms with E-state index in [1.807, 2.05) is 0 Å². The van der Waals surface area contributed by atoms with Crippen molar-refractivity contribution < 1.29 is 23.4 Å². The molecular weight excluding hydrogens is 239 g/mol. The van der Waals surface area contributed by atoms with Crippen molar-refractivity contribution in [2.45, 2.75) is 25.3 Å². The molecule has 0 aromatic carbocycles. The van der Waals surface area contributed by atoms with Gasteiger partial charge in [0.1, 0.15) is 6.54 Å². The van der Waals surface area contributed by atoms with E-state index in [1.54, 1.807) is 0 Å². The highest BCUT2D eigenvalue weighted by Crippen LogP contribution is 2.37. The molecule has 1 aliphatic rings. The number of hydrogen-bond donors (Lipinski definition) is 2. The van der Waals surface area contributed by atoms with Crippen LogP contribution in [-0.4, -0.2) is 40.8 Å². The molecule has 1 atom stereocenters. The van der Waals surface area contributed by atoms with E-state index in [1.165, 1.54) is 5.01 Å². The number of piperidine rings is 1. The number of allylic oxidation sites excluding steroid dienone is 1. The van der Waals surface area contributed by atoms with Gasteiger partial charge in [-0.1, -0.05) is 11.8 Å². The summed E-state index contributed by atoms with van der Waals surface area (Å²) in [5.74, 6) is -1.38. The summed E-state index contributed by atoms with van der Waals surface area (Å²) in [6.45, 7) is 3.27. The lowest BCUT2D eigenvalue weighted by Gasteiger charge is -2.31. The molecule has 8 heteroatoms. The van der Waals surface area contributed by atoms with Crippen molar-refractivity contribution >= 4 is 0 Å². The summed E-state index contributed by atoms with van der Waals surface area (Å²) >= 11 is 0. The molecule has 0 aromatic rings. The molecule has 17 heavy (non-hydrogen) atoms. The Bertz CT molecular complexity index is 304. The van der Waals surface area contributed by atoms with Gasteiger partial charge in [-0.05, 0) is 6.42 Å². The van der Waals surface area contributed by atoms with E-state index in [4.69, 9.17) is 10.2 Å². The van der Waals surface area contributed by atoms with Gasteiger partial charge >= 0.3 is 6.18 Å². The fourth-order valence-electron chi connectivity index (χ4n) is 1.50. The van der Waals surface area contributed by atoms with E-state index >= 15 is 0 Å². The van der Waals surface area contributed by atoms with Gasteiger partial charge in [-0.15, -0.1) is 0 Å². The van der Waals surface area contributed by atoms with Crippen molar-refractivity contribution in [2.75, 3.05) is 13.1 Å². The highest BCUT2D eigenvalue weighted by atomic mass is 19.4. The number of aliphatic hydroxyl groups excluding tert-OH is 1. The molecule has 1 saturated heterocycles. The summed E-state index contributed by atoms with van der Waals surface area (Å²) in [5, 5.41) is 25.3. The summed E-state index contributed by atoms with van der Waals surface area (Å²) in [4.78, 5) is 0. The van der Waals surface area contributed by atoms with Crippen LogP contribution in [0.25, 0.3) is 0 Å². The van der Waals surface area contributed by atoms with Gasteiger partial charge in [0.05, 0.1) is 5.92 Å². The van der Waals surface area contributed by atoms with Gasteiger partial charge in [-0.2, -0.15) is 18.3 Å². The van der Waals surface area contributed by atoms with E-state index in [-0.39, 0.29) is 31.6 Å². The van der Waals surface area contributed by atoms with Crippen LogP contribution in [0.3, 0.4) is 0 Å². The monoisotopic (exact) mass is 253 g/mol. The van der Waals surface area contributed by atoms with Gasteiger partial charge in [0.2, 0.25) is 0 Å². The number of halogens is 3. The van der Waals surface area contributed by atoms with Crippen LogP contribution in [0.2, 0.25) is 0 Å². The maximum absolute atomic E-state index is 12.4. The number of nitrogens with zero attached hydrogens (tertiary/aromatic N) is 3. The molecule has 0 unspecified atom stereocenters. The summed E-state index contributed by atoms with van der Waals surface area (Å²) in [5.41, 5.74) is 0.231. The van der Waals surface area contributed by atoms with Crippen LogP contribution in [0.15, 0.2) is 22.6 Å². The molecule has 0 aromatic heterocycles. The van der Waals surface area contributed by atoms with Gasteiger partial charge in [0, 0.05) is 18.7 Å². The lowest BCUT2D eigenvalue weighted by atomic mass is 9.95. The Hall–Kier alpha value is -1.15. The van der Waals surface area contributed by atoms with Gasteiger partial charge in [0.25, 0.3) is 0 Å². The average Bonchev–Trinajstić information content (AvgIpc) is 2.18. The van der Waals surface area contributed by atoms with Crippen LogP contribution >= 0.6 is 0 Å². The first-order valence-electron chi connectivity index (χ1n) is 5.06. The Morgan fingerprint density at radius 1 is 1.47 bits per heavy atom. The zero-order valence-electron chi connectivity index (χ0n) is 9.06. The van der Waals surface area contributed by atoms with Gasteiger partial charge in [-0.3, -0.25) is 5.01 Å². The summed E-state index contributed by atoms with van der Waals surface area (Å²) < 4.78 is 37.3. The third kappa shape index (κ3) is 4.31. The molecule has 0 radical (unpaired) electrons. The standard InChI is InChI=1S/C9H14F3N3O2/c1-6-4-7(9(10,11)12)2-3-15(6)14-13-5-8(16)17/h7-8,16-17H,1-5H2/b14-13-/t7-/m0/s1. The molecule has 0 amide bonds. The van der Waals surface area contributed by atoms with Crippen LogP contribution < -0.4 is 0 Å². The molecule has 98 valence electrons. The highest BCUT2D eigenvalue weighted by Gasteiger charge is 2.42. The fourth-order valence-corrected chi connectivity index (χ4v) is 1.50. The van der Waals surface area contributed by atoms with Gasteiger partial charge < -0.3 is 10.2 Å². The lowest BCUT2D eigenvalue weighted by molar-refractivity contribution is -0.181. The van der Waals surface area contributed by atoms with Crippen LogP contribution in [0.4, 0.5) is 13.2 Å². The second kappa shape index (κ2) is 5.46. The van der Waals surface area contributed by atoms with Crippen LogP contribution in [0.1, 0.15) is 12.8 Å². The highest BCUT2D eigenvalue weighted by molar-refractivity contribution is 4.99. The van der Waals surface area contributed by atoms with E-state index in [2.05, 4.69) is 16.9 Å². The Kier molecular flexibility index (Phi) is 4.47. The quantitative estimate of drug-likeness (QED) is 0.591. The number of aliphatic hydroxyl groups is 2. The summed E-state index contributed by atoms with van der Waals surface area (Å²) in [6, 6.07) is 0.